The van der Waals surface area contributed by atoms with Crippen molar-refractivity contribution in [2.24, 2.45) is 12.1 Å². The minimum Gasteiger partial charge on any atom is -0.343 e. The van der Waals surface area contributed by atoms with Crippen molar-refractivity contribution in [2.75, 3.05) is 4.72 Å². The Morgan fingerprint density at radius 3 is 2.42 bits per heavy atom. The number of hydrogen-bond donors (Lipinski definition) is 2. The average molecular weight is 515 g/mol. The summed E-state index contributed by atoms with van der Waals surface area (Å²) in [5.74, 6) is -0.530. The standard InChI is InChI=1S/C27H22N4O3S2/c1-31-24-15-8-6-12-20(24)22(26(31)19-10-3-2-4-11-19)18-28-29-27(32)21-13-5-7-14-23(21)30-36(33,34)25-16-9-17-35-25/h2-18,30H,1H3,(H,29,32). The molecule has 5 aromatic rings. The van der Waals surface area contributed by atoms with Crippen LogP contribution in [0.25, 0.3) is 22.2 Å². The van der Waals surface area contributed by atoms with Crippen molar-refractivity contribution in [3.8, 4) is 11.3 Å². The van der Waals surface area contributed by atoms with Crippen LogP contribution in [-0.2, 0) is 17.1 Å². The molecule has 180 valence electrons. The lowest BCUT2D eigenvalue weighted by atomic mass is 10.1. The lowest BCUT2D eigenvalue weighted by Gasteiger charge is -2.10. The Kier molecular flexibility index (Phi) is 6.41. The molecule has 7 nitrogen and oxygen atoms in total. The maximum atomic E-state index is 13.0. The molecule has 5 rings (SSSR count). The van der Waals surface area contributed by atoms with Crippen molar-refractivity contribution >= 4 is 50.1 Å². The summed E-state index contributed by atoms with van der Waals surface area (Å²) in [6.07, 6.45) is 1.63. The van der Waals surface area contributed by atoms with Crippen LogP contribution in [0.1, 0.15) is 15.9 Å². The molecule has 9 heteroatoms. The van der Waals surface area contributed by atoms with Crippen LogP contribution in [0.5, 0.6) is 0 Å². The van der Waals surface area contributed by atoms with E-state index in [1.54, 1.807) is 41.9 Å². The Balaban J connectivity index is 1.44. The number of hydrogen-bond acceptors (Lipinski definition) is 5. The normalized spacial score (nSPS) is 11.7. The molecule has 0 saturated heterocycles. The van der Waals surface area contributed by atoms with Crippen molar-refractivity contribution in [1.82, 2.24) is 9.99 Å². The molecular weight excluding hydrogens is 492 g/mol. The fourth-order valence-electron chi connectivity index (χ4n) is 4.10. The number of benzene rings is 3. The molecule has 3 aromatic carbocycles. The predicted molar refractivity (Wildman–Crippen MR) is 145 cm³/mol. The number of amides is 1. The first-order valence-electron chi connectivity index (χ1n) is 11.1. The first-order chi connectivity index (χ1) is 17.5. The minimum atomic E-state index is -3.80. The topological polar surface area (TPSA) is 92.6 Å². The third-order valence-electron chi connectivity index (χ3n) is 5.73. The molecular formula is C27H22N4O3S2. The number of para-hydroxylation sites is 2. The number of fused-ring (bicyclic) bond motifs is 1. The van der Waals surface area contributed by atoms with Gasteiger partial charge in [-0.05, 0) is 35.2 Å². The van der Waals surface area contributed by atoms with Gasteiger partial charge < -0.3 is 4.57 Å². The summed E-state index contributed by atoms with van der Waals surface area (Å²) in [6.45, 7) is 0. The number of thiophene rings is 1. The summed E-state index contributed by atoms with van der Waals surface area (Å²) in [5, 5.41) is 6.92. The lowest BCUT2D eigenvalue weighted by Crippen LogP contribution is -2.21. The van der Waals surface area contributed by atoms with Gasteiger partial charge in [-0.15, -0.1) is 11.3 Å². The SMILES string of the molecule is Cn1c(-c2ccccc2)c(C=NNC(=O)c2ccccc2NS(=O)(=O)c2cccs2)c2ccccc21. The zero-order chi connectivity index (χ0) is 25.1. The zero-order valence-corrected chi connectivity index (χ0v) is 20.9. The Bertz CT molecular complexity index is 1670. The molecule has 0 atom stereocenters. The lowest BCUT2D eigenvalue weighted by molar-refractivity contribution is 0.0956. The van der Waals surface area contributed by atoms with E-state index in [9.17, 15) is 13.2 Å². The first-order valence-corrected chi connectivity index (χ1v) is 13.4. The monoisotopic (exact) mass is 514 g/mol. The molecule has 0 radical (unpaired) electrons. The number of rotatable bonds is 7. The third kappa shape index (κ3) is 4.53. The molecule has 0 saturated carbocycles. The van der Waals surface area contributed by atoms with Crippen LogP contribution in [0.2, 0.25) is 0 Å². The van der Waals surface area contributed by atoms with E-state index in [4.69, 9.17) is 0 Å². The number of aryl methyl sites for hydroxylation is 1. The van der Waals surface area contributed by atoms with E-state index >= 15 is 0 Å². The highest BCUT2D eigenvalue weighted by molar-refractivity contribution is 7.94. The second-order valence-corrected chi connectivity index (χ2v) is 10.8. The fourth-order valence-corrected chi connectivity index (χ4v) is 6.17. The van der Waals surface area contributed by atoms with E-state index in [1.807, 2.05) is 61.6 Å². The first kappa shape index (κ1) is 23.5. The summed E-state index contributed by atoms with van der Waals surface area (Å²) < 4.78 is 30.1. The van der Waals surface area contributed by atoms with E-state index in [0.29, 0.717) is 0 Å². The van der Waals surface area contributed by atoms with Crippen molar-refractivity contribution in [3.63, 3.8) is 0 Å². The second kappa shape index (κ2) is 9.80. The average Bonchev–Trinajstić information content (AvgIpc) is 3.53. The molecule has 0 fully saturated rings. The number of nitrogens with one attached hydrogen (secondary N) is 2. The smallest absolute Gasteiger partial charge is 0.273 e. The van der Waals surface area contributed by atoms with Gasteiger partial charge >= 0.3 is 0 Å². The van der Waals surface area contributed by atoms with E-state index < -0.39 is 15.9 Å². The van der Waals surface area contributed by atoms with E-state index in [2.05, 4.69) is 19.8 Å². The van der Waals surface area contributed by atoms with E-state index in [-0.39, 0.29) is 15.5 Å². The number of anilines is 1. The van der Waals surface area contributed by atoms with Gasteiger partial charge in [0.25, 0.3) is 15.9 Å². The number of carbonyl (C=O) groups is 1. The Labute approximate surface area is 212 Å². The molecule has 2 N–H and O–H groups in total. The summed E-state index contributed by atoms with van der Waals surface area (Å²) in [7, 11) is -1.80. The maximum absolute atomic E-state index is 13.0. The predicted octanol–water partition coefficient (Wildman–Crippen LogP) is 5.47. The molecule has 0 aliphatic heterocycles. The van der Waals surface area contributed by atoms with Crippen LogP contribution >= 0.6 is 11.3 Å². The minimum absolute atomic E-state index is 0.163. The van der Waals surface area contributed by atoms with Gasteiger partial charge in [0.05, 0.1) is 23.2 Å². The van der Waals surface area contributed by atoms with Gasteiger partial charge in [-0.1, -0.05) is 66.7 Å². The number of sulfonamides is 1. The molecule has 1 amide bonds. The Hall–Kier alpha value is -4.21. The second-order valence-electron chi connectivity index (χ2n) is 7.99. The highest BCUT2D eigenvalue weighted by atomic mass is 32.2. The van der Waals surface area contributed by atoms with Gasteiger partial charge in [0.2, 0.25) is 0 Å². The molecule has 0 aliphatic carbocycles. The highest BCUT2D eigenvalue weighted by Gasteiger charge is 2.19. The van der Waals surface area contributed by atoms with Gasteiger partial charge in [-0.3, -0.25) is 9.52 Å². The molecule has 2 aromatic heterocycles. The highest BCUT2D eigenvalue weighted by Crippen LogP contribution is 2.31. The van der Waals surface area contributed by atoms with Crippen molar-refractivity contribution < 1.29 is 13.2 Å². The number of carbonyl (C=O) groups excluding carboxylic acids is 1. The Morgan fingerprint density at radius 2 is 1.64 bits per heavy atom. The summed E-state index contributed by atoms with van der Waals surface area (Å²) in [5.41, 5.74) is 6.79. The van der Waals surface area contributed by atoms with Crippen molar-refractivity contribution in [1.29, 1.82) is 0 Å². The van der Waals surface area contributed by atoms with Gasteiger partial charge in [-0.2, -0.15) is 5.10 Å². The molecule has 0 aliphatic rings. The summed E-state index contributed by atoms with van der Waals surface area (Å²) >= 11 is 1.10. The van der Waals surface area contributed by atoms with Gasteiger partial charge in [0.1, 0.15) is 4.21 Å². The van der Waals surface area contributed by atoms with Gasteiger partial charge in [0.15, 0.2) is 0 Å². The van der Waals surface area contributed by atoms with Crippen molar-refractivity contribution in [2.45, 2.75) is 4.21 Å². The zero-order valence-electron chi connectivity index (χ0n) is 19.3. The van der Waals surface area contributed by atoms with Crippen molar-refractivity contribution in [3.05, 3.63) is 108 Å². The molecule has 0 unspecified atom stereocenters. The largest absolute Gasteiger partial charge is 0.343 e. The summed E-state index contributed by atoms with van der Waals surface area (Å²) in [4.78, 5) is 13.0. The van der Waals surface area contributed by atoms with Crippen LogP contribution in [0.15, 0.2) is 106 Å². The summed E-state index contributed by atoms with van der Waals surface area (Å²) in [6, 6.07) is 27.5. The number of nitrogens with zero attached hydrogens (tertiary/aromatic N) is 2. The van der Waals surface area contributed by atoms with Crippen LogP contribution in [0, 0.1) is 0 Å². The third-order valence-corrected chi connectivity index (χ3v) is 8.49. The number of hydrazone groups is 1. The van der Waals surface area contributed by atoms with Gasteiger partial charge in [0, 0.05) is 23.5 Å². The van der Waals surface area contributed by atoms with Crippen LogP contribution in [0.3, 0.4) is 0 Å². The quantitative estimate of drug-likeness (QED) is 0.223. The molecule has 2 heterocycles. The van der Waals surface area contributed by atoms with E-state index in [0.717, 1.165) is 39.1 Å². The van der Waals surface area contributed by atoms with Crippen LogP contribution in [-0.4, -0.2) is 25.1 Å². The fraction of sp³-hybridized carbons (Fsp3) is 0.0370. The van der Waals surface area contributed by atoms with E-state index in [1.165, 1.54) is 6.07 Å². The number of aromatic nitrogens is 1. The van der Waals surface area contributed by atoms with Gasteiger partial charge in [-0.25, -0.2) is 13.8 Å². The Morgan fingerprint density at radius 1 is 0.917 bits per heavy atom. The molecule has 0 spiro atoms. The molecule has 36 heavy (non-hydrogen) atoms. The maximum Gasteiger partial charge on any atom is 0.273 e. The van der Waals surface area contributed by atoms with Crippen LogP contribution in [0.4, 0.5) is 5.69 Å². The molecule has 0 bridgehead atoms. The van der Waals surface area contributed by atoms with Crippen LogP contribution < -0.4 is 10.1 Å².